The summed E-state index contributed by atoms with van der Waals surface area (Å²) in [6, 6.07) is 0. The average Bonchev–Trinajstić information content (AvgIpc) is 2.48. The molecule has 1 aliphatic heterocycles. The zero-order valence-corrected chi connectivity index (χ0v) is 14.8. The van der Waals surface area contributed by atoms with Crippen molar-refractivity contribution in [2.75, 3.05) is 39.5 Å². The summed E-state index contributed by atoms with van der Waals surface area (Å²) in [7, 11) is 1.79. The van der Waals surface area contributed by atoms with Gasteiger partial charge in [0, 0.05) is 31.4 Å². The standard InChI is InChI=1S/C15H29N3O2S/c1-6-20-13(19)12-8-7-9-18(10-12)14(16-4)17-11-15(2,3)21-5/h12H,6-11H2,1-5H3,(H,16,17). The van der Waals surface area contributed by atoms with Crippen LogP contribution in [0.3, 0.4) is 0 Å². The average molecular weight is 315 g/mol. The Bertz CT molecular complexity index is 372. The highest BCUT2D eigenvalue weighted by atomic mass is 32.2. The summed E-state index contributed by atoms with van der Waals surface area (Å²) in [5, 5.41) is 3.42. The summed E-state index contributed by atoms with van der Waals surface area (Å²) in [5.41, 5.74) is 0. The fraction of sp³-hybridized carbons (Fsp3) is 0.867. The number of carbonyl (C=O) groups is 1. The van der Waals surface area contributed by atoms with E-state index in [1.165, 1.54) is 0 Å². The van der Waals surface area contributed by atoms with Crippen LogP contribution in [0.1, 0.15) is 33.6 Å². The Kier molecular flexibility index (Phi) is 7.35. The number of hydrogen-bond donors (Lipinski definition) is 1. The SMILES string of the molecule is CCOC(=O)C1CCCN(C(=NC)NCC(C)(C)SC)C1. The Morgan fingerprint density at radius 3 is 2.81 bits per heavy atom. The number of thioether (sulfide) groups is 1. The second-order valence-corrected chi connectivity index (χ2v) is 7.42. The van der Waals surface area contributed by atoms with Crippen LogP contribution in [0.4, 0.5) is 0 Å². The maximum atomic E-state index is 11.9. The van der Waals surface area contributed by atoms with Gasteiger partial charge in [-0.3, -0.25) is 9.79 Å². The van der Waals surface area contributed by atoms with Crippen molar-refractivity contribution in [3.63, 3.8) is 0 Å². The van der Waals surface area contributed by atoms with E-state index in [0.29, 0.717) is 13.2 Å². The molecule has 1 fully saturated rings. The lowest BCUT2D eigenvalue weighted by Gasteiger charge is -2.35. The van der Waals surface area contributed by atoms with Gasteiger partial charge in [-0.2, -0.15) is 11.8 Å². The first-order valence-corrected chi connectivity index (χ1v) is 8.83. The fourth-order valence-electron chi connectivity index (χ4n) is 2.32. The van der Waals surface area contributed by atoms with Gasteiger partial charge in [0.25, 0.3) is 0 Å². The first kappa shape index (κ1) is 18.1. The van der Waals surface area contributed by atoms with Crippen molar-refractivity contribution in [2.24, 2.45) is 10.9 Å². The van der Waals surface area contributed by atoms with Crippen molar-refractivity contribution in [1.82, 2.24) is 10.2 Å². The number of nitrogens with one attached hydrogen (secondary N) is 1. The Morgan fingerprint density at radius 2 is 2.24 bits per heavy atom. The second-order valence-electron chi connectivity index (χ2n) is 5.90. The normalized spacial score (nSPS) is 20.3. The fourth-order valence-corrected chi connectivity index (χ4v) is 2.53. The third kappa shape index (κ3) is 5.77. The van der Waals surface area contributed by atoms with E-state index in [9.17, 15) is 4.79 Å². The molecule has 0 saturated carbocycles. The molecule has 0 radical (unpaired) electrons. The minimum absolute atomic E-state index is 0.0363. The smallest absolute Gasteiger partial charge is 0.310 e. The van der Waals surface area contributed by atoms with Gasteiger partial charge in [0.15, 0.2) is 5.96 Å². The molecule has 1 aliphatic rings. The topological polar surface area (TPSA) is 53.9 Å². The molecule has 1 heterocycles. The highest BCUT2D eigenvalue weighted by Gasteiger charge is 2.29. The quantitative estimate of drug-likeness (QED) is 0.478. The largest absolute Gasteiger partial charge is 0.466 e. The highest BCUT2D eigenvalue weighted by Crippen LogP contribution is 2.21. The van der Waals surface area contributed by atoms with Crippen molar-refractivity contribution in [3.05, 3.63) is 0 Å². The van der Waals surface area contributed by atoms with Crippen molar-refractivity contribution >= 4 is 23.7 Å². The van der Waals surface area contributed by atoms with Crippen LogP contribution >= 0.6 is 11.8 Å². The van der Waals surface area contributed by atoms with E-state index in [4.69, 9.17) is 4.74 Å². The van der Waals surface area contributed by atoms with E-state index in [0.717, 1.165) is 31.9 Å². The lowest BCUT2D eigenvalue weighted by atomic mass is 9.98. The first-order chi connectivity index (χ1) is 9.93. The number of rotatable bonds is 5. The number of ether oxygens (including phenoxy) is 1. The Morgan fingerprint density at radius 1 is 1.52 bits per heavy atom. The molecule has 21 heavy (non-hydrogen) atoms. The number of carbonyl (C=O) groups excluding carboxylic acids is 1. The molecule has 6 heteroatoms. The van der Waals surface area contributed by atoms with E-state index in [1.54, 1.807) is 7.05 Å². The predicted molar refractivity (Wildman–Crippen MR) is 89.9 cm³/mol. The molecule has 0 bridgehead atoms. The molecule has 122 valence electrons. The molecule has 0 aromatic carbocycles. The van der Waals surface area contributed by atoms with Crippen LogP contribution in [-0.4, -0.2) is 61.1 Å². The number of likely N-dealkylation sites (tertiary alicyclic amines) is 1. The van der Waals surface area contributed by atoms with Gasteiger partial charge in [-0.25, -0.2) is 0 Å². The number of piperidine rings is 1. The van der Waals surface area contributed by atoms with Gasteiger partial charge in [0.05, 0.1) is 12.5 Å². The Balaban J connectivity index is 2.58. The van der Waals surface area contributed by atoms with Gasteiger partial charge in [-0.1, -0.05) is 0 Å². The van der Waals surface area contributed by atoms with E-state index in [1.807, 2.05) is 18.7 Å². The monoisotopic (exact) mass is 315 g/mol. The third-order valence-electron chi connectivity index (χ3n) is 3.78. The summed E-state index contributed by atoms with van der Waals surface area (Å²) in [5.74, 6) is 0.763. The van der Waals surface area contributed by atoms with Gasteiger partial charge in [-0.05, 0) is 39.9 Å². The molecule has 1 rings (SSSR count). The summed E-state index contributed by atoms with van der Waals surface area (Å²) in [6.45, 7) is 9.19. The molecule has 5 nitrogen and oxygen atoms in total. The predicted octanol–water partition coefficient (Wildman–Crippen LogP) is 1.98. The molecular weight excluding hydrogens is 286 g/mol. The zero-order valence-electron chi connectivity index (χ0n) is 13.9. The number of aliphatic imine (C=N–C) groups is 1. The van der Waals surface area contributed by atoms with Gasteiger partial charge in [-0.15, -0.1) is 0 Å². The molecule has 0 aromatic heterocycles. The minimum Gasteiger partial charge on any atom is -0.466 e. The molecule has 0 amide bonds. The van der Waals surface area contributed by atoms with Crippen molar-refractivity contribution in [2.45, 2.75) is 38.4 Å². The summed E-state index contributed by atoms with van der Waals surface area (Å²) in [4.78, 5) is 18.4. The molecule has 1 saturated heterocycles. The molecule has 0 spiro atoms. The Hall–Kier alpha value is -0.910. The van der Waals surface area contributed by atoms with E-state index in [2.05, 4.69) is 35.3 Å². The summed E-state index contributed by atoms with van der Waals surface area (Å²) in [6.07, 6.45) is 4.01. The van der Waals surface area contributed by atoms with Crippen LogP contribution in [-0.2, 0) is 9.53 Å². The van der Waals surface area contributed by atoms with E-state index in [-0.39, 0.29) is 16.6 Å². The van der Waals surface area contributed by atoms with E-state index >= 15 is 0 Å². The summed E-state index contributed by atoms with van der Waals surface area (Å²) >= 11 is 1.83. The number of hydrogen-bond acceptors (Lipinski definition) is 4. The van der Waals surface area contributed by atoms with Crippen molar-refractivity contribution in [1.29, 1.82) is 0 Å². The van der Waals surface area contributed by atoms with Crippen LogP contribution in [0.5, 0.6) is 0 Å². The molecule has 1 unspecified atom stereocenters. The maximum Gasteiger partial charge on any atom is 0.310 e. The zero-order chi connectivity index (χ0) is 15.9. The van der Waals surface area contributed by atoms with Crippen molar-refractivity contribution in [3.8, 4) is 0 Å². The third-order valence-corrected chi connectivity index (χ3v) is 5.03. The molecular formula is C15H29N3O2S. The van der Waals surface area contributed by atoms with Crippen molar-refractivity contribution < 1.29 is 9.53 Å². The van der Waals surface area contributed by atoms with Crippen LogP contribution in [0.15, 0.2) is 4.99 Å². The minimum atomic E-state index is -0.0814. The number of guanidine groups is 1. The molecule has 1 atom stereocenters. The highest BCUT2D eigenvalue weighted by molar-refractivity contribution is 7.99. The number of esters is 1. The van der Waals surface area contributed by atoms with E-state index < -0.39 is 0 Å². The van der Waals surface area contributed by atoms with Crippen LogP contribution < -0.4 is 5.32 Å². The lowest BCUT2D eigenvalue weighted by Crippen LogP contribution is -2.50. The summed E-state index contributed by atoms with van der Waals surface area (Å²) < 4.78 is 5.30. The van der Waals surface area contributed by atoms with Crippen LogP contribution in [0.2, 0.25) is 0 Å². The van der Waals surface area contributed by atoms with Gasteiger partial charge in [0.1, 0.15) is 0 Å². The lowest BCUT2D eigenvalue weighted by molar-refractivity contribution is -0.149. The van der Waals surface area contributed by atoms with Crippen LogP contribution in [0, 0.1) is 5.92 Å². The van der Waals surface area contributed by atoms with Gasteiger partial charge >= 0.3 is 5.97 Å². The molecule has 0 aromatic rings. The second kappa shape index (κ2) is 8.51. The molecule has 1 N–H and O–H groups in total. The van der Waals surface area contributed by atoms with Gasteiger partial charge in [0.2, 0.25) is 0 Å². The van der Waals surface area contributed by atoms with Crippen LogP contribution in [0.25, 0.3) is 0 Å². The maximum absolute atomic E-state index is 11.9. The number of nitrogens with zero attached hydrogens (tertiary/aromatic N) is 2. The molecule has 0 aliphatic carbocycles. The Labute approximate surface area is 132 Å². The first-order valence-electron chi connectivity index (χ1n) is 7.61. The van der Waals surface area contributed by atoms with Gasteiger partial charge < -0.3 is 15.0 Å².